The van der Waals surface area contributed by atoms with Crippen molar-refractivity contribution in [3.63, 3.8) is 0 Å². The number of urea groups is 2. The molecule has 0 aromatic heterocycles. The molecule has 2 aromatic rings. The van der Waals surface area contributed by atoms with Crippen LogP contribution in [-0.4, -0.2) is 34.3 Å². The van der Waals surface area contributed by atoms with E-state index in [1.165, 1.54) is 13.0 Å². The van der Waals surface area contributed by atoms with Gasteiger partial charge < -0.3 is 20.5 Å². The van der Waals surface area contributed by atoms with Gasteiger partial charge in [-0.1, -0.05) is 41.9 Å². The maximum absolute atomic E-state index is 13.0. The van der Waals surface area contributed by atoms with E-state index in [4.69, 9.17) is 16.3 Å². The molecule has 3 N–H and O–H groups in total. The van der Waals surface area contributed by atoms with Crippen molar-refractivity contribution in [1.82, 2.24) is 15.5 Å². The van der Waals surface area contributed by atoms with Crippen LogP contribution >= 0.6 is 11.6 Å². The first-order valence-corrected chi connectivity index (χ1v) is 9.47. The third-order valence-electron chi connectivity index (χ3n) is 4.45. The van der Waals surface area contributed by atoms with Gasteiger partial charge in [0.05, 0.1) is 5.57 Å². The number of carbonyl (C=O) groups excluding carboxylic acids is 2. The Hall–Kier alpha value is -3.52. The number of benzene rings is 2. The summed E-state index contributed by atoms with van der Waals surface area (Å²) in [5.74, 6) is -0.731. The van der Waals surface area contributed by atoms with Gasteiger partial charge in [-0.2, -0.15) is 0 Å². The van der Waals surface area contributed by atoms with E-state index in [1.807, 2.05) is 6.07 Å². The molecule has 0 radical (unpaired) electrons. The van der Waals surface area contributed by atoms with Gasteiger partial charge >= 0.3 is 18.0 Å². The number of nitrogens with zero attached hydrogens (tertiary/aromatic N) is 1. The Morgan fingerprint density at radius 2 is 1.90 bits per heavy atom. The fourth-order valence-corrected chi connectivity index (χ4v) is 3.39. The minimum atomic E-state index is -1.26. The number of carboxylic acids is 1. The molecular formula is C21H20ClN3O5. The monoisotopic (exact) mass is 429 g/mol. The Morgan fingerprint density at radius 3 is 2.53 bits per heavy atom. The quantitative estimate of drug-likeness (QED) is 0.625. The maximum atomic E-state index is 13.0. The summed E-state index contributed by atoms with van der Waals surface area (Å²) in [7, 11) is 0. The minimum absolute atomic E-state index is 0.136. The third-order valence-corrected chi connectivity index (χ3v) is 4.68. The SMILES string of the molecule is CC1=C(C(=O)O)C(c2cccc(Cl)c2)N(C(=O)NC(C)Oc2ccccc2)C(=O)N1. The van der Waals surface area contributed by atoms with Gasteiger partial charge in [0.15, 0.2) is 6.23 Å². The van der Waals surface area contributed by atoms with Gasteiger partial charge in [0.25, 0.3) is 0 Å². The number of carboxylic acid groups (broad SMARTS) is 1. The molecule has 0 aliphatic carbocycles. The molecule has 0 saturated heterocycles. The smallest absolute Gasteiger partial charge is 0.335 e. The van der Waals surface area contributed by atoms with E-state index in [2.05, 4.69) is 10.6 Å². The Kier molecular flexibility index (Phi) is 6.27. The number of rotatable bonds is 5. The van der Waals surface area contributed by atoms with Crippen LogP contribution in [0.4, 0.5) is 9.59 Å². The van der Waals surface area contributed by atoms with Crippen LogP contribution in [0.25, 0.3) is 0 Å². The first-order valence-electron chi connectivity index (χ1n) is 9.10. The normalized spacial score (nSPS) is 17.2. The summed E-state index contributed by atoms with van der Waals surface area (Å²) >= 11 is 6.06. The molecule has 2 aromatic carbocycles. The molecule has 1 heterocycles. The summed E-state index contributed by atoms with van der Waals surface area (Å²) in [4.78, 5) is 38.4. The minimum Gasteiger partial charge on any atom is -0.478 e. The number of allylic oxidation sites excluding steroid dienone is 1. The zero-order valence-electron chi connectivity index (χ0n) is 16.3. The summed E-state index contributed by atoms with van der Waals surface area (Å²) in [6.45, 7) is 3.07. The van der Waals surface area contributed by atoms with E-state index >= 15 is 0 Å². The number of halogens is 1. The molecule has 0 spiro atoms. The number of amides is 4. The molecule has 2 unspecified atom stereocenters. The lowest BCUT2D eigenvalue weighted by atomic mass is 9.94. The zero-order chi connectivity index (χ0) is 21.8. The van der Waals surface area contributed by atoms with Crippen molar-refractivity contribution < 1.29 is 24.2 Å². The Labute approximate surface area is 178 Å². The summed E-state index contributed by atoms with van der Waals surface area (Å²) in [5, 5.41) is 15.1. The van der Waals surface area contributed by atoms with Gasteiger partial charge in [0.1, 0.15) is 11.8 Å². The third kappa shape index (κ3) is 4.55. The van der Waals surface area contributed by atoms with Crippen LogP contribution in [0.1, 0.15) is 25.5 Å². The topological polar surface area (TPSA) is 108 Å². The summed E-state index contributed by atoms with van der Waals surface area (Å²) in [5.41, 5.74) is 0.402. The van der Waals surface area contributed by atoms with Crippen LogP contribution < -0.4 is 15.4 Å². The molecule has 0 saturated carbocycles. The van der Waals surface area contributed by atoms with Gasteiger partial charge in [-0.05, 0) is 43.7 Å². The van der Waals surface area contributed by atoms with Gasteiger partial charge in [-0.25, -0.2) is 19.3 Å². The fraction of sp³-hybridized carbons (Fsp3) is 0.190. The fourth-order valence-electron chi connectivity index (χ4n) is 3.19. The van der Waals surface area contributed by atoms with E-state index in [9.17, 15) is 19.5 Å². The lowest BCUT2D eigenvalue weighted by molar-refractivity contribution is -0.133. The highest BCUT2D eigenvalue weighted by molar-refractivity contribution is 6.30. The molecule has 1 aliphatic rings. The average molecular weight is 430 g/mol. The number of nitrogens with one attached hydrogen (secondary N) is 2. The number of hydrogen-bond donors (Lipinski definition) is 3. The van der Waals surface area contributed by atoms with E-state index in [0.717, 1.165) is 4.90 Å². The van der Waals surface area contributed by atoms with Crippen molar-refractivity contribution in [2.24, 2.45) is 0 Å². The molecule has 3 rings (SSSR count). The number of ether oxygens (including phenoxy) is 1. The van der Waals surface area contributed by atoms with E-state index in [0.29, 0.717) is 16.3 Å². The number of para-hydroxylation sites is 1. The summed E-state index contributed by atoms with van der Waals surface area (Å²) in [6.07, 6.45) is -0.784. The zero-order valence-corrected chi connectivity index (χ0v) is 17.0. The Bertz CT molecular complexity index is 1010. The van der Waals surface area contributed by atoms with Gasteiger partial charge in [0.2, 0.25) is 0 Å². The Balaban J connectivity index is 1.92. The van der Waals surface area contributed by atoms with E-state index < -0.39 is 30.3 Å². The van der Waals surface area contributed by atoms with Crippen LogP contribution in [-0.2, 0) is 4.79 Å². The lowest BCUT2D eigenvalue weighted by Gasteiger charge is -2.36. The first-order chi connectivity index (χ1) is 14.3. The largest absolute Gasteiger partial charge is 0.478 e. The number of hydrogen-bond acceptors (Lipinski definition) is 4. The molecule has 4 amide bonds. The van der Waals surface area contributed by atoms with Crippen LogP contribution in [0.15, 0.2) is 65.9 Å². The van der Waals surface area contributed by atoms with E-state index in [1.54, 1.807) is 49.4 Å². The van der Waals surface area contributed by atoms with Crippen LogP contribution in [0, 0.1) is 0 Å². The average Bonchev–Trinajstić information content (AvgIpc) is 2.67. The van der Waals surface area contributed by atoms with Crippen molar-refractivity contribution in [3.05, 3.63) is 76.5 Å². The highest BCUT2D eigenvalue weighted by atomic mass is 35.5. The van der Waals surface area contributed by atoms with Crippen LogP contribution in [0.2, 0.25) is 5.02 Å². The van der Waals surface area contributed by atoms with Crippen molar-refractivity contribution in [2.45, 2.75) is 26.1 Å². The predicted molar refractivity (Wildman–Crippen MR) is 110 cm³/mol. The first kappa shape index (κ1) is 21.2. The molecule has 9 heteroatoms. The molecule has 8 nitrogen and oxygen atoms in total. The maximum Gasteiger partial charge on any atom is 0.335 e. The highest BCUT2D eigenvalue weighted by Gasteiger charge is 2.41. The second-order valence-electron chi connectivity index (χ2n) is 6.62. The van der Waals surface area contributed by atoms with Gasteiger partial charge in [-0.15, -0.1) is 0 Å². The number of aliphatic carboxylic acids is 1. The van der Waals surface area contributed by atoms with Crippen LogP contribution in [0.5, 0.6) is 5.75 Å². The van der Waals surface area contributed by atoms with Crippen molar-refractivity contribution in [1.29, 1.82) is 0 Å². The number of imide groups is 1. The van der Waals surface area contributed by atoms with Crippen LogP contribution in [0.3, 0.4) is 0 Å². The molecule has 0 bridgehead atoms. The van der Waals surface area contributed by atoms with Gasteiger partial charge in [0, 0.05) is 10.7 Å². The second kappa shape index (κ2) is 8.87. The van der Waals surface area contributed by atoms with Gasteiger partial charge in [-0.3, -0.25) is 0 Å². The van der Waals surface area contributed by atoms with Crippen molar-refractivity contribution in [3.8, 4) is 5.75 Å². The standard InChI is InChI=1S/C21H20ClN3O5/c1-12-17(19(26)27)18(14-7-6-8-15(22)11-14)25(20(28)23-12)21(29)24-13(2)30-16-9-4-3-5-10-16/h3-11,13,18H,1-2H3,(H,23,28)(H,24,29)(H,26,27). The lowest BCUT2D eigenvalue weighted by Crippen LogP contribution is -2.56. The molecule has 1 aliphatic heterocycles. The molecular weight excluding hydrogens is 410 g/mol. The van der Waals surface area contributed by atoms with E-state index in [-0.39, 0.29) is 11.3 Å². The second-order valence-corrected chi connectivity index (χ2v) is 7.06. The molecule has 156 valence electrons. The molecule has 0 fully saturated rings. The summed E-state index contributed by atoms with van der Waals surface area (Å²) in [6, 6.07) is 12.5. The Morgan fingerprint density at radius 1 is 1.20 bits per heavy atom. The predicted octanol–water partition coefficient (Wildman–Crippen LogP) is 3.90. The summed E-state index contributed by atoms with van der Waals surface area (Å²) < 4.78 is 5.63. The molecule has 30 heavy (non-hydrogen) atoms. The number of carbonyl (C=O) groups is 3. The van der Waals surface area contributed by atoms with Crippen molar-refractivity contribution in [2.75, 3.05) is 0 Å². The van der Waals surface area contributed by atoms with Crippen molar-refractivity contribution >= 4 is 29.6 Å². The molecule has 2 atom stereocenters. The highest BCUT2D eigenvalue weighted by Crippen LogP contribution is 2.34.